The molecule has 0 fully saturated rings. The van der Waals surface area contributed by atoms with Gasteiger partial charge < -0.3 is 4.74 Å². The molecule has 0 heterocycles. The molecular formula is C13H7ClN2O3. The van der Waals surface area contributed by atoms with Crippen LogP contribution in [0.5, 0.6) is 11.5 Å². The van der Waals surface area contributed by atoms with Gasteiger partial charge in [0, 0.05) is 11.1 Å². The van der Waals surface area contributed by atoms with E-state index >= 15 is 0 Å². The van der Waals surface area contributed by atoms with Crippen molar-refractivity contribution in [3.8, 4) is 17.6 Å². The third-order valence-electron chi connectivity index (χ3n) is 2.28. The average molecular weight is 275 g/mol. The van der Waals surface area contributed by atoms with Crippen molar-refractivity contribution in [2.24, 2.45) is 0 Å². The number of nitro benzene ring substituents is 1. The number of non-ortho nitro benzene ring substituents is 1. The largest absolute Gasteiger partial charge is 0.457 e. The minimum atomic E-state index is -0.574. The van der Waals surface area contributed by atoms with E-state index in [0.29, 0.717) is 10.8 Å². The molecule has 2 aromatic carbocycles. The Hall–Kier alpha value is -2.58. The Balaban J connectivity index is 2.34. The van der Waals surface area contributed by atoms with Crippen molar-refractivity contribution < 1.29 is 9.66 Å². The Bertz CT molecular complexity index is 663. The highest BCUT2D eigenvalue weighted by molar-refractivity contribution is 6.30. The molecule has 0 saturated carbocycles. The summed E-state index contributed by atoms with van der Waals surface area (Å²) in [6, 6.07) is 12.3. The minimum Gasteiger partial charge on any atom is -0.457 e. The van der Waals surface area contributed by atoms with Gasteiger partial charge >= 0.3 is 0 Å². The molecule has 94 valence electrons. The van der Waals surface area contributed by atoms with E-state index in [-0.39, 0.29) is 17.0 Å². The molecule has 0 aromatic heterocycles. The van der Waals surface area contributed by atoms with E-state index in [0.717, 1.165) is 0 Å². The van der Waals surface area contributed by atoms with Gasteiger partial charge in [0.1, 0.15) is 11.5 Å². The molecule has 5 nitrogen and oxygen atoms in total. The molecule has 6 heteroatoms. The van der Waals surface area contributed by atoms with Crippen LogP contribution in [-0.4, -0.2) is 4.92 Å². The number of halogens is 1. The van der Waals surface area contributed by atoms with Crippen LogP contribution in [0.2, 0.25) is 5.02 Å². The molecule has 0 amide bonds. The number of nitriles is 1. The number of benzene rings is 2. The molecule has 0 unspecified atom stereocenters. The maximum absolute atomic E-state index is 10.7. The van der Waals surface area contributed by atoms with Crippen LogP contribution < -0.4 is 4.74 Å². The second-order valence-electron chi connectivity index (χ2n) is 3.64. The van der Waals surface area contributed by atoms with Gasteiger partial charge in [0.25, 0.3) is 5.69 Å². The molecule has 0 saturated heterocycles. The topological polar surface area (TPSA) is 76.2 Å². The van der Waals surface area contributed by atoms with Crippen LogP contribution in [-0.2, 0) is 0 Å². The zero-order valence-corrected chi connectivity index (χ0v) is 10.3. The Labute approximate surface area is 113 Å². The third-order valence-corrected chi connectivity index (χ3v) is 2.53. The first-order valence-corrected chi connectivity index (χ1v) is 5.59. The first kappa shape index (κ1) is 12.9. The van der Waals surface area contributed by atoms with E-state index in [9.17, 15) is 10.1 Å². The van der Waals surface area contributed by atoms with Gasteiger partial charge in [-0.15, -0.1) is 0 Å². The third kappa shape index (κ3) is 3.21. The van der Waals surface area contributed by atoms with E-state index in [2.05, 4.69) is 0 Å². The van der Waals surface area contributed by atoms with E-state index in [1.807, 2.05) is 6.07 Å². The molecule has 0 aliphatic carbocycles. The molecule has 2 rings (SSSR count). The van der Waals surface area contributed by atoms with E-state index in [4.69, 9.17) is 21.6 Å². The number of nitrogens with zero attached hydrogens (tertiary/aromatic N) is 2. The van der Waals surface area contributed by atoms with Crippen LogP contribution in [0.1, 0.15) is 5.56 Å². The summed E-state index contributed by atoms with van der Waals surface area (Å²) in [5.41, 5.74) is -0.0267. The van der Waals surface area contributed by atoms with Gasteiger partial charge in [-0.2, -0.15) is 5.26 Å². The Kier molecular flexibility index (Phi) is 3.64. The van der Waals surface area contributed by atoms with Crippen molar-refractivity contribution in [3.63, 3.8) is 0 Å². The molecule has 0 aliphatic heterocycles. The molecule has 0 spiro atoms. The van der Waals surface area contributed by atoms with Gasteiger partial charge in [-0.25, -0.2) is 0 Å². The summed E-state index contributed by atoms with van der Waals surface area (Å²) in [6.45, 7) is 0. The molecule has 0 N–H and O–H groups in total. The lowest BCUT2D eigenvalue weighted by Gasteiger charge is -2.06. The molecule has 2 aromatic rings. The second-order valence-corrected chi connectivity index (χ2v) is 4.08. The van der Waals surface area contributed by atoms with Crippen LogP contribution >= 0.6 is 11.6 Å². The fourth-order valence-corrected chi connectivity index (χ4v) is 1.58. The first-order valence-electron chi connectivity index (χ1n) is 5.21. The quantitative estimate of drug-likeness (QED) is 0.628. The predicted octanol–water partition coefficient (Wildman–Crippen LogP) is 3.91. The number of nitro groups is 1. The molecular weight excluding hydrogens is 268 g/mol. The summed E-state index contributed by atoms with van der Waals surface area (Å²) >= 11 is 5.74. The van der Waals surface area contributed by atoms with Gasteiger partial charge in [0.2, 0.25) is 0 Å². The van der Waals surface area contributed by atoms with Gasteiger partial charge in [0.15, 0.2) is 0 Å². The van der Waals surface area contributed by atoms with Crippen molar-refractivity contribution >= 4 is 17.3 Å². The standard InChI is InChI=1S/C13H7ClN2O3/c14-10-1-3-12(4-2-10)19-13-6-9(8-15)5-11(7-13)16(17)18/h1-7H. The van der Waals surface area contributed by atoms with Crippen molar-refractivity contribution in [1.29, 1.82) is 5.26 Å². The zero-order chi connectivity index (χ0) is 13.8. The van der Waals surface area contributed by atoms with Crippen LogP contribution in [0.3, 0.4) is 0 Å². The average Bonchev–Trinajstić information content (AvgIpc) is 2.41. The summed E-state index contributed by atoms with van der Waals surface area (Å²) < 4.78 is 5.45. The predicted molar refractivity (Wildman–Crippen MR) is 69.3 cm³/mol. The summed E-state index contributed by atoms with van der Waals surface area (Å²) in [5, 5.41) is 20.1. The highest BCUT2D eigenvalue weighted by Gasteiger charge is 2.11. The molecule has 19 heavy (non-hydrogen) atoms. The van der Waals surface area contributed by atoms with Crippen molar-refractivity contribution in [3.05, 3.63) is 63.2 Å². The number of hydrogen-bond donors (Lipinski definition) is 0. The van der Waals surface area contributed by atoms with Crippen molar-refractivity contribution in [2.45, 2.75) is 0 Å². The molecule has 0 atom stereocenters. The normalized spacial score (nSPS) is 9.68. The maximum atomic E-state index is 10.7. The first-order chi connectivity index (χ1) is 9.08. The SMILES string of the molecule is N#Cc1cc(Oc2ccc(Cl)cc2)cc([N+](=O)[O-])c1. The van der Waals surface area contributed by atoms with Gasteiger partial charge in [-0.05, 0) is 30.3 Å². The van der Waals surface area contributed by atoms with Crippen LogP contribution in [0.25, 0.3) is 0 Å². The Morgan fingerprint density at radius 1 is 1.16 bits per heavy atom. The fourth-order valence-electron chi connectivity index (χ4n) is 1.45. The molecule has 0 aliphatic rings. The highest BCUT2D eigenvalue weighted by atomic mass is 35.5. The number of ether oxygens (including phenoxy) is 1. The van der Waals surface area contributed by atoms with Crippen molar-refractivity contribution in [1.82, 2.24) is 0 Å². The van der Waals surface area contributed by atoms with Gasteiger partial charge in [-0.3, -0.25) is 10.1 Å². The number of rotatable bonds is 3. The Morgan fingerprint density at radius 2 is 1.84 bits per heavy atom. The lowest BCUT2D eigenvalue weighted by atomic mass is 10.2. The van der Waals surface area contributed by atoms with Crippen LogP contribution in [0.15, 0.2) is 42.5 Å². The minimum absolute atomic E-state index is 0.165. The fraction of sp³-hybridized carbons (Fsp3) is 0. The second kappa shape index (κ2) is 5.38. The van der Waals surface area contributed by atoms with Gasteiger partial charge in [0.05, 0.1) is 22.6 Å². The summed E-state index contributed by atoms with van der Waals surface area (Å²) in [6.07, 6.45) is 0. The Morgan fingerprint density at radius 3 is 2.42 bits per heavy atom. The van der Waals surface area contributed by atoms with Crippen molar-refractivity contribution in [2.75, 3.05) is 0 Å². The van der Waals surface area contributed by atoms with E-state index in [1.165, 1.54) is 18.2 Å². The van der Waals surface area contributed by atoms with Gasteiger partial charge in [-0.1, -0.05) is 11.6 Å². The number of hydrogen-bond acceptors (Lipinski definition) is 4. The van der Waals surface area contributed by atoms with E-state index in [1.54, 1.807) is 24.3 Å². The smallest absolute Gasteiger partial charge is 0.274 e. The van der Waals surface area contributed by atoms with E-state index < -0.39 is 4.92 Å². The van der Waals surface area contributed by atoms with Crippen LogP contribution in [0, 0.1) is 21.4 Å². The van der Waals surface area contributed by atoms with Crippen LogP contribution in [0.4, 0.5) is 5.69 Å². The summed E-state index contributed by atoms with van der Waals surface area (Å²) in [4.78, 5) is 10.2. The summed E-state index contributed by atoms with van der Waals surface area (Å²) in [5.74, 6) is 0.710. The lowest BCUT2D eigenvalue weighted by Crippen LogP contribution is -1.91. The zero-order valence-electron chi connectivity index (χ0n) is 9.54. The monoisotopic (exact) mass is 274 g/mol. The molecule has 0 radical (unpaired) electrons. The highest BCUT2D eigenvalue weighted by Crippen LogP contribution is 2.27. The lowest BCUT2D eigenvalue weighted by molar-refractivity contribution is -0.384. The summed E-state index contributed by atoms with van der Waals surface area (Å²) in [7, 11) is 0. The maximum Gasteiger partial charge on any atom is 0.274 e. The molecule has 0 bridgehead atoms.